The molecule has 300 valence electrons. The van der Waals surface area contributed by atoms with Crippen LogP contribution in [0.1, 0.15) is 73.1 Å². The van der Waals surface area contributed by atoms with Crippen LogP contribution in [0.3, 0.4) is 0 Å². The molecule has 2 aliphatic heterocycles. The summed E-state index contributed by atoms with van der Waals surface area (Å²) in [6.45, 7) is 10.3. The Balaban J connectivity index is 1.15. The molecule has 6 fully saturated rings. The molecule has 0 radical (unpaired) electrons. The monoisotopic (exact) mass is 742 g/mol. The van der Waals surface area contributed by atoms with E-state index in [1.54, 1.807) is 0 Å². The van der Waals surface area contributed by atoms with Gasteiger partial charge in [0.05, 0.1) is 43.7 Å². The van der Waals surface area contributed by atoms with Crippen molar-refractivity contribution in [3.05, 3.63) is 12.2 Å². The molecule has 13 nitrogen and oxygen atoms in total. The lowest BCUT2D eigenvalue weighted by Gasteiger charge is -2.63. The third-order valence-electron chi connectivity index (χ3n) is 14.7. The van der Waals surface area contributed by atoms with Crippen molar-refractivity contribution in [2.24, 2.45) is 52.3 Å². The van der Waals surface area contributed by atoms with Gasteiger partial charge in [-0.05, 0) is 84.9 Å². The van der Waals surface area contributed by atoms with Crippen LogP contribution in [0.2, 0.25) is 0 Å². The number of ether oxygens (including phenoxy) is 6. The molecular formula is C39H66O13. The summed E-state index contributed by atoms with van der Waals surface area (Å²) in [5, 5.41) is 76.4. The van der Waals surface area contributed by atoms with E-state index in [2.05, 4.69) is 26.8 Å². The molecule has 6 aliphatic rings. The van der Waals surface area contributed by atoms with E-state index in [0.717, 1.165) is 19.3 Å². The van der Waals surface area contributed by atoms with E-state index in [1.807, 2.05) is 19.9 Å². The highest BCUT2D eigenvalue weighted by atomic mass is 16.8. The maximum Gasteiger partial charge on any atom is 0.187 e. The van der Waals surface area contributed by atoms with E-state index in [0.29, 0.717) is 19.3 Å². The zero-order chi connectivity index (χ0) is 37.9. The summed E-state index contributed by atoms with van der Waals surface area (Å²) in [7, 11) is 2.90. The van der Waals surface area contributed by atoms with Gasteiger partial charge in [0.2, 0.25) is 0 Å². The predicted octanol–water partition coefficient (Wildman–Crippen LogP) is 1.36. The molecule has 6 rings (SSSR count). The molecule has 2 heterocycles. The lowest BCUT2D eigenvalue weighted by atomic mass is 9.43. The molecule has 0 amide bonds. The number of hydrogen-bond acceptors (Lipinski definition) is 13. The summed E-state index contributed by atoms with van der Waals surface area (Å²) in [5.41, 5.74) is -0.440. The van der Waals surface area contributed by atoms with Gasteiger partial charge in [0.1, 0.15) is 36.6 Å². The topological polar surface area (TPSA) is 197 Å². The van der Waals surface area contributed by atoms with Gasteiger partial charge in [0, 0.05) is 20.1 Å². The zero-order valence-electron chi connectivity index (χ0n) is 31.9. The number of aliphatic hydroxyl groups excluding tert-OH is 7. The van der Waals surface area contributed by atoms with Crippen molar-refractivity contribution in [3.8, 4) is 0 Å². The van der Waals surface area contributed by atoms with Crippen LogP contribution in [-0.4, -0.2) is 143 Å². The molecule has 13 heteroatoms. The van der Waals surface area contributed by atoms with E-state index >= 15 is 0 Å². The van der Waals surface area contributed by atoms with Gasteiger partial charge in [-0.25, -0.2) is 0 Å². The highest BCUT2D eigenvalue weighted by Gasteiger charge is 2.66. The Hall–Kier alpha value is -0.780. The molecule has 0 bridgehead atoms. The van der Waals surface area contributed by atoms with E-state index < -0.39 is 86.3 Å². The Kier molecular flexibility index (Phi) is 12.6. The first kappa shape index (κ1) is 40.9. The third kappa shape index (κ3) is 7.07. The lowest BCUT2D eigenvalue weighted by molar-refractivity contribution is -0.311. The molecule has 0 aromatic carbocycles. The van der Waals surface area contributed by atoms with Crippen LogP contribution >= 0.6 is 0 Å². The average Bonchev–Trinajstić information content (AvgIpc) is 3.55. The van der Waals surface area contributed by atoms with Crippen LogP contribution < -0.4 is 0 Å². The number of methoxy groups -OCH3 is 2. The molecule has 4 saturated carbocycles. The Labute approximate surface area is 308 Å². The van der Waals surface area contributed by atoms with Crippen LogP contribution in [0.15, 0.2) is 12.2 Å². The molecule has 0 aromatic rings. The largest absolute Gasteiger partial charge is 0.394 e. The number of hydrogen-bond donors (Lipinski definition) is 7. The smallest absolute Gasteiger partial charge is 0.187 e. The normalized spacial score (nSPS) is 52.0. The van der Waals surface area contributed by atoms with Crippen molar-refractivity contribution in [2.45, 2.75) is 153 Å². The quantitative estimate of drug-likeness (QED) is 0.150. The number of rotatable bonds is 11. The van der Waals surface area contributed by atoms with Crippen LogP contribution in [0.4, 0.5) is 0 Å². The highest BCUT2D eigenvalue weighted by Crippen LogP contribution is 2.68. The molecule has 4 aliphatic carbocycles. The van der Waals surface area contributed by atoms with Crippen molar-refractivity contribution in [3.63, 3.8) is 0 Å². The minimum atomic E-state index is -1.23. The van der Waals surface area contributed by atoms with Crippen LogP contribution in [-0.2, 0) is 28.4 Å². The maximum atomic E-state index is 11.7. The Morgan fingerprint density at radius 1 is 0.769 bits per heavy atom. The molecule has 7 N–H and O–H groups in total. The summed E-state index contributed by atoms with van der Waals surface area (Å²) < 4.78 is 35.3. The summed E-state index contributed by atoms with van der Waals surface area (Å²) in [6, 6.07) is 0. The van der Waals surface area contributed by atoms with Gasteiger partial charge in [0.25, 0.3) is 0 Å². The van der Waals surface area contributed by atoms with Crippen molar-refractivity contribution < 1.29 is 64.2 Å². The minimum Gasteiger partial charge on any atom is -0.394 e. The fourth-order valence-corrected chi connectivity index (χ4v) is 11.9. The molecule has 2 saturated heterocycles. The highest BCUT2D eigenvalue weighted by molar-refractivity contribution is 5.16. The zero-order valence-corrected chi connectivity index (χ0v) is 31.9. The van der Waals surface area contributed by atoms with Gasteiger partial charge in [-0.15, -0.1) is 0 Å². The molecule has 21 atom stereocenters. The van der Waals surface area contributed by atoms with E-state index in [4.69, 9.17) is 28.4 Å². The van der Waals surface area contributed by atoms with E-state index in [1.165, 1.54) is 14.2 Å². The fourth-order valence-electron chi connectivity index (χ4n) is 11.9. The molecule has 0 spiro atoms. The second-order valence-corrected chi connectivity index (χ2v) is 17.8. The second kappa shape index (κ2) is 16.0. The van der Waals surface area contributed by atoms with Crippen molar-refractivity contribution in [1.82, 2.24) is 0 Å². The first-order valence-corrected chi connectivity index (χ1v) is 19.6. The van der Waals surface area contributed by atoms with Crippen LogP contribution in [0, 0.1) is 52.3 Å². The van der Waals surface area contributed by atoms with Crippen molar-refractivity contribution in [1.29, 1.82) is 0 Å². The number of allylic oxidation sites excluding steroid dienone is 1. The Bertz CT molecular complexity index is 1220. The molecular weight excluding hydrogens is 676 g/mol. The molecule has 52 heavy (non-hydrogen) atoms. The van der Waals surface area contributed by atoms with Crippen LogP contribution in [0.25, 0.3) is 0 Å². The summed E-state index contributed by atoms with van der Waals surface area (Å²) in [6.07, 6.45) is -2.69. The first-order chi connectivity index (χ1) is 24.6. The van der Waals surface area contributed by atoms with Crippen LogP contribution in [0.5, 0.6) is 0 Å². The molecule has 0 aromatic heterocycles. The first-order valence-electron chi connectivity index (χ1n) is 19.6. The van der Waals surface area contributed by atoms with Gasteiger partial charge < -0.3 is 64.2 Å². The van der Waals surface area contributed by atoms with Gasteiger partial charge in [-0.1, -0.05) is 46.8 Å². The lowest BCUT2D eigenvalue weighted by Crippen LogP contribution is -2.63. The standard InChI is InChI=1S/C39H66O13/c1-18(2)26(50-37-35(32(45)27(16-40)51-37)52-36-34(48-7)33(46)28(47-6)17-49-36)9-8-19(3)22-15-25(43)29-20-14-24(42)30-31(44)23(41)11-13-38(30,4)21(20)10-12-39(22,29)5/h8-9,18-37,40-46H,10-17H2,1-7H3/b9-8+/t19-,20-,21+,22-,23+,24+,25-,26+,27-,28-,29-,30?,31+,32+,33+,34-,35-,36+,37-,38-,39-/m1/s1. The van der Waals surface area contributed by atoms with Gasteiger partial charge in [-0.2, -0.15) is 0 Å². The van der Waals surface area contributed by atoms with Crippen molar-refractivity contribution in [2.75, 3.05) is 27.4 Å². The minimum absolute atomic E-state index is 0.00896. The van der Waals surface area contributed by atoms with Crippen molar-refractivity contribution >= 4 is 0 Å². The van der Waals surface area contributed by atoms with E-state index in [9.17, 15) is 35.7 Å². The average molecular weight is 743 g/mol. The Morgan fingerprint density at radius 3 is 2.12 bits per heavy atom. The summed E-state index contributed by atoms with van der Waals surface area (Å²) >= 11 is 0. The SMILES string of the molecule is CO[C@H]1[C@H](O[C@H]2[C@H](O[C@@H](/C=C/[C@@H](C)[C@H]3C[C@@H](O)[C@H]4[C@@H]5C[C@H](O)C6[C@@H](O)[C@@H](O)CC[C@]6(C)[C@H]5CC[C@@]43C)C(C)C)O[C@H](CO)[C@@H]2O)OC[C@@H](OC)[C@@H]1O. The fraction of sp³-hybridized carbons (Fsp3) is 0.949. The predicted molar refractivity (Wildman–Crippen MR) is 187 cm³/mol. The number of aliphatic hydroxyl groups is 7. The summed E-state index contributed by atoms with van der Waals surface area (Å²) in [5.74, 6) is 0.356. The van der Waals surface area contributed by atoms with Gasteiger partial charge in [0.15, 0.2) is 12.6 Å². The number of fused-ring (bicyclic) bond motifs is 5. The summed E-state index contributed by atoms with van der Waals surface area (Å²) in [4.78, 5) is 0. The van der Waals surface area contributed by atoms with E-state index in [-0.39, 0.29) is 58.9 Å². The second-order valence-electron chi connectivity index (χ2n) is 17.8. The maximum absolute atomic E-state index is 11.7. The van der Waals surface area contributed by atoms with Gasteiger partial charge in [-0.3, -0.25) is 0 Å². The molecule has 1 unspecified atom stereocenters. The van der Waals surface area contributed by atoms with Gasteiger partial charge >= 0.3 is 0 Å². The third-order valence-corrected chi connectivity index (χ3v) is 14.7. The Morgan fingerprint density at radius 2 is 1.46 bits per heavy atom.